The van der Waals surface area contributed by atoms with Crippen molar-refractivity contribution in [2.24, 2.45) is 0 Å². The Morgan fingerprint density at radius 3 is 2.56 bits per heavy atom. The molecule has 2 aromatic carbocycles. The van der Waals surface area contributed by atoms with Gasteiger partial charge in [0, 0.05) is 5.39 Å². The standard InChI is InChI=1S/C18H10F3NO5/c19-11-5-6-12(16(21)15(11)20)22-14(23)8-26-17(24)10-7-9-3-1-2-4-13(9)27-18(10)25/h1-7H,8H2,(H,22,23). The van der Waals surface area contributed by atoms with Crippen LogP contribution in [0.4, 0.5) is 18.9 Å². The Balaban J connectivity index is 1.69. The Bertz CT molecular complexity index is 1110. The first-order valence-electron chi connectivity index (χ1n) is 7.50. The fourth-order valence-corrected chi connectivity index (χ4v) is 2.22. The van der Waals surface area contributed by atoms with E-state index in [4.69, 9.17) is 4.42 Å². The number of anilines is 1. The Hall–Kier alpha value is -3.62. The number of halogens is 3. The van der Waals surface area contributed by atoms with Gasteiger partial charge < -0.3 is 14.5 Å². The Kier molecular flexibility index (Phi) is 4.93. The second-order valence-corrected chi connectivity index (χ2v) is 5.33. The quantitative estimate of drug-likeness (QED) is 0.429. The molecule has 0 spiro atoms. The van der Waals surface area contributed by atoms with Crippen molar-refractivity contribution in [2.45, 2.75) is 0 Å². The van der Waals surface area contributed by atoms with Crippen LogP contribution in [0.25, 0.3) is 11.0 Å². The van der Waals surface area contributed by atoms with E-state index < -0.39 is 52.8 Å². The summed E-state index contributed by atoms with van der Waals surface area (Å²) in [7, 11) is 0. The van der Waals surface area contributed by atoms with Crippen LogP contribution >= 0.6 is 0 Å². The van der Waals surface area contributed by atoms with Crippen LogP contribution in [-0.2, 0) is 9.53 Å². The van der Waals surface area contributed by atoms with Crippen molar-refractivity contribution in [3.63, 3.8) is 0 Å². The molecule has 0 aliphatic rings. The number of carbonyl (C=O) groups excluding carboxylic acids is 2. The number of hydrogen-bond donors (Lipinski definition) is 1. The Morgan fingerprint density at radius 1 is 1.04 bits per heavy atom. The van der Waals surface area contributed by atoms with Crippen molar-refractivity contribution < 1.29 is 31.9 Å². The molecule has 0 unspecified atom stereocenters. The molecule has 0 aliphatic heterocycles. The molecule has 27 heavy (non-hydrogen) atoms. The summed E-state index contributed by atoms with van der Waals surface area (Å²) in [4.78, 5) is 35.5. The smallest absolute Gasteiger partial charge is 0.351 e. The van der Waals surface area contributed by atoms with E-state index in [0.717, 1.165) is 6.07 Å². The molecule has 0 aliphatic carbocycles. The number of benzene rings is 2. The monoisotopic (exact) mass is 377 g/mol. The predicted octanol–water partition coefficient (Wildman–Crippen LogP) is 3.01. The van der Waals surface area contributed by atoms with Crippen molar-refractivity contribution in [3.05, 3.63) is 75.9 Å². The molecule has 1 amide bonds. The second-order valence-electron chi connectivity index (χ2n) is 5.33. The van der Waals surface area contributed by atoms with Crippen LogP contribution in [0.3, 0.4) is 0 Å². The maximum absolute atomic E-state index is 13.5. The topological polar surface area (TPSA) is 85.6 Å². The first-order chi connectivity index (χ1) is 12.9. The highest BCUT2D eigenvalue weighted by molar-refractivity contribution is 5.96. The van der Waals surface area contributed by atoms with Gasteiger partial charge in [-0.3, -0.25) is 4.79 Å². The zero-order valence-electron chi connectivity index (χ0n) is 13.4. The van der Waals surface area contributed by atoms with E-state index in [-0.39, 0.29) is 5.58 Å². The lowest BCUT2D eigenvalue weighted by molar-refractivity contribution is -0.119. The van der Waals surface area contributed by atoms with Gasteiger partial charge in [-0.1, -0.05) is 18.2 Å². The third-order valence-corrected chi connectivity index (χ3v) is 3.50. The van der Waals surface area contributed by atoms with E-state index in [1.807, 2.05) is 5.32 Å². The molecule has 0 bridgehead atoms. The summed E-state index contributed by atoms with van der Waals surface area (Å²) in [6, 6.07) is 9.14. The maximum atomic E-state index is 13.5. The molecule has 3 aromatic rings. The molecule has 0 atom stereocenters. The molecule has 1 N–H and O–H groups in total. The van der Waals surface area contributed by atoms with Crippen LogP contribution in [0.2, 0.25) is 0 Å². The first kappa shape index (κ1) is 18.2. The van der Waals surface area contributed by atoms with Gasteiger partial charge in [0.25, 0.3) is 5.91 Å². The van der Waals surface area contributed by atoms with Gasteiger partial charge in [0.15, 0.2) is 24.1 Å². The highest BCUT2D eigenvalue weighted by atomic mass is 19.2. The fraction of sp³-hybridized carbons (Fsp3) is 0.0556. The minimum absolute atomic E-state index is 0.269. The van der Waals surface area contributed by atoms with E-state index in [2.05, 4.69) is 4.74 Å². The number of ether oxygens (including phenoxy) is 1. The number of fused-ring (bicyclic) bond motifs is 1. The number of hydrogen-bond acceptors (Lipinski definition) is 5. The van der Waals surface area contributed by atoms with Crippen LogP contribution in [-0.4, -0.2) is 18.5 Å². The average Bonchev–Trinajstić information content (AvgIpc) is 2.66. The summed E-state index contributed by atoms with van der Waals surface area (Å²) in [5, 5.41) is 2.40. The number of nitrogens with one attached hydrogen (secondary N) is 1. The number of para-hydroxylation sites is 1. The van der Waals surface area contributed by atoms with Crippen LogP contribution in [0.1, 0.15) is 10.4 Å². The third-order valence-electron chi connectivity index (χ3n) is 3.50. The van der Waals surface area contributed by atoms with Gasteiger partial charge >= 0.3 is 11.6 Å². The van der Waals surface area contributed by atoms with Crippen molar-refractivity contribution in [2.75, 3.05) is 11.9 Å². The van der Waals surface area contributed by atoms with Gasteiger partial charge in [0.05, 0.1) is 5.69 Å². The number of carbonyl (C=O) groups is 2. The zero-order chi connectivity index (χ0) is 19.6. The van der Waals surface area contributed by atoms with Gasteiger partial charge in [-0.25, -0.2) is 22.8 Å². The molecule has 0 saturated carbocycles. The molecule has 0 radical (unpaired) electrons. The molecule has 0 fully saturated rings. The predicted molar refractivity (Wildman–Crippen MR) is 87.7 cm³/mol. The maximum Gasteiger partial charge on any atom is 0.351 e. The van der Waals surface area contributed by atoms with Gasteiger partial charge in [0.1, 0.15) is 11.1 Å². The molecular formula is C18H10F3NO5. The van der Waals surface area contributed by atoms with Crippen molar-refractivity contribution >= 4 is 28.5 Å². The summed E-state index contributed by atoms with van der Waals surface area (Å²) in [5.74, 6) is -6.91. The highest BCUT2D eigenvalue weighted by Crippen LogP contribution is 2.19. The van der Waals surface area contributed by atoms with Gasteiger partial charge in [-0.15, -0.1) is 0 Å². The van der Waals surface area contributed by atoms with Crippen LogP contribution in [0.15, 0.2) is 51.7 Å². The van der Waals surface area contributed by atoms with Crippen molar-refractivity contribution in [1.82, 2.24) is 0 Å². The largest absolute Gasteiger partial charge is 0.452 e. The average molecular weight is 377 g/mol. The number of amides is 1. The molecule has 138 valence electrons. The summed E-state index contributed by atoms with van der Waals surface area (Å²) < 4.78 is 49.1. The van der Waals surface area contributed by atoms with Crippen LogP contribution < -0.4 is 10.9 Å². The zero-order valence-corrected chi connectivity index (χ0v) is 13.4. The number of rotatable bonds is 4. The Morgan fingerprint density at radius 2 is 1.78 bits per heavy atom. The summed E-state index contributed by atoms with van der Waals surface area (Å²) >= 11 is 0. The lowest BCUT2D eigenvalue weighted by Crippen LogP contribution is -2.24. The summed E-state index contributed by atoms with van der Waals surface area (Å²) in [6.45, 7) is -0.885. The van der Waals surface area contributed by atoms with Gasteiger partial charge in [0.2, 0.25) is 0 Å². The van der Waals surface area contributed by atoms with Crippen molar-refractivity contribution in [1.29, 1.82) is 0 Å². The summed E-state index contributed by atoms with van der Waals surface area (Å²) in [6.07, 6.45) is 0. The van der Waals surface area contributed by atoms with Crippen LogP contribution in [0.5, 0.6) is 0 Å². The van der Waals surface area contributed by atoms with E-state index in [9.17, 15) is 27.6 Å². The molecule has 3 rings (SSSR count). The molecule has 1 heterocycles. The highest BCUT2D eigenvalue weighted by Gasteiger charge is 2.18. The van der Waals surface area contributed by atoms with E-state index in [1.165, 1.54) is 12.1 Å². The molecule has 6 nitrogen and oxygen atoms in total. The molecular weight excluding hydrogens is 367 g/mol. The minimum Gasteiger partial charge on any atom is -0.452 e. The molecule has 1 aromatic heterocycles. The van der Waals surface area contributed by atoms with E-state index in [0.29, 0.717) is 11.5 Å². The van der Waals surface area contributed by atoms with E-state index >= 15 is 0 Å². The van der Waals surface area contributed by atoms with Gasteiger partial charge in [-0.2, -0.15) is 0 Å². The van der Waals surface area contributed by atoms with Gasteiger partial charge in [-0.05, 0) is 24.3 Å². The fourth-order valence-electron chi connectivity index (χ4n) is 2.22. The lowest BCUT2D eigenvalue weighted by Gasteiger charge is -2.08. The van der Waals surface area contributed by atoms with Crippen LogP contribution in [0, 0.1) is 17.5 Å². The second kappa shape index (κ2) is 7.32. The summed E-state index contributed by atoms with van der Waals surface area (Å²) in [5.41, 5.74) is -1.74. The van der Waals surface area contributed by atoms with Crippen molar-refractivity contribution in [3.8, 4) is 0 Å². The normalized spacial score (nSPS) is 10.6. The Labute approximate surface area is 149 Å². The SMILES string of the molecule is O=C(COC(=O)c1cc2ccccc2oc1=O)Nc1ccc(F)c(F)c1F. The minimum atomic E-state index is -1.75. The van der Waals surface area contributed by atoms with E-state index in [1.54, 1.807) is 18.2 Å². The third kappa shape index (κ3) is 3.81. The molecule has 0 saturated heterocycles. The lowest BCUT2D eigenvalue weighted by atomic mass is 10.2. The first-order valence-corrected chi connectivity index (χ1v) is 7.50. The molecule has 9 heteroatoms. The number of esters is 1.